The molecule has 1 amide bonds. The van der Waals surface area contributed by atoms with E-state index in [1.807, 2.05) is 60.7 Å². The second-order valence-corrected chi connectivity index (χ2v) is 9.22. The highest BCUT2D eigenvalue weighted by atomic mass is 79.9. The molecule has 0 atom stereocenters. The highest BCUT2D eigenvalue weighted by Gasteiger charge is 2.24. The van der Waals surface area contributed by atoms with Crippen LogP contribution in [0, 0.1) is 0 Å². The molecule has 6 nitrogen and oxygen atoms in total. The molecule has 148 valence electrons. The predicted molar refractivity (Wildman–Crippen MR) is 124 cm³/mol. The Bertz CT molecular complexity index is 1280. The minimum absolute atomic E-state index is 0.196. The Morgan fingerprint density at radius 3 is 2.77 bits per heavy atom. The number of imidazole rings is 1. The number of furan rings is 1. The van der Waals surface area contributed by atoms with Crippen LogP contribution in [0.2, 0.25) is 0 Å². The number of H-pyrrole nitrogens is 1. The lowest BCUT2D eigenvalue weighted by molar-refractivity contribution is -0.115. The van der Waals surface area contributed by atoms with Crippen LogP contribution in [0.5, 0.6) is 0 Å². The van der Waals surface area contributed by atoms with Crippen molar-refractivity contribution >= 4 is 73.3 Å². The molecule has 30 heavy (non-hydrogen) atoms. The summed E-state index contributed by atoms with van der Waals surface area (Å²) in [6.07, 6.45) is 1.72. The summed E-state index contributed by atoms with van der Waals surface area (Å²) < 4.78 is 6.82. The van der Waals surface area contributed by atoms with Gasteiger partial charge in [-0.3, -0.25) is 4.79 Å². The van der Waals surface area contributed by atoms with E-state index in [9.17, 15) is 4.79 Å². The Balaban J connectivity index is 1.31. The number of rotatable bonds is 4. The number of halogens is 1. The quantitative estimate of drug-likeness (QED) is 0.340. The molecule has 0 saturated carbocycles. The van der Waals surface area contributed by atoms with Crippen molar-refractivity contribution in [2.24, 2.45) is 4.99 Å². The third-order valence-electron chi connectivity index (χ3n) is 4.15. The maximum absolute atomic E-state index is 12.3. The van der Waals surface area contributed by atoms with E-state index in [-0.39, 0.29) is 5.91 Å². The normalized spacial score (nSPS) is 16.6. The van der Waals surface area contributed by atoms with Gasteiger partial charge in [0, 0.05) is 10.5 Å². The number of carbonyl (C=O) groups is 1. The molecule has 1 saturated heterocycles. The lowest BCUT2D eigenvalue weighted by atomic mass is 10.3. The molecule has 1 aliphatic heterocycles. The molecule has 2 N–H and O–H groups in total. The van der Waals surface area contributed by atoms with Gasteiger partial charge in [-0.05, 0) is 72.1 Å². The SMILES string of the molecule is O=C1NC(=Nc2ccc(Br)cc2)S/C1=C/c1ccc(Sc2nc3ccccc3[nH]2)o1. The number of hydrogen-bond acceptors (Lipinski definition) is 6. The van der Waals surface area contributed by atoms with Crippen molar-refractivity contribution in [3.8, 4) is 0 Å². The average molecular weight is 497 g/mol. The Labute approximate surface area is 188 Å². The lowest BCUT2D eigenvalue weighted by Gasteiger charge is -1.96. The molecule has 2 aromatic carbocycles. The lowest BCUT2D eigenvalue weighted by Crippen LogP contribution is -2.19. The number of amidine groups is 1. The summed E-state index contributed by atoms with van der Waals surface area (Å²) in [4.78, 5) is 25.1. The van der Waals surface area contributed by atoms with Crippen LogP contribution in [0.3, 0.4) is 0 Å². The second kappa shape index (κ2) is 8.17. The zero-order chi connectivity index (χ0) is 20.5. The minimum atomic E-state index is -0.196. The van der Waals surface area contributed by atoms with E-state index < -0.39 is 0 Å². The van der Waals surface area contributed by atoms with Crippen molar-refractivity contribution in [3.05, 3.63) is 75.8 Å². The summed E-state index contributed by atoms with van der Waals surface area (Å²) in [6.45, 7) is 0. The number of aromatic amines is 1. The first-order valence-corrected chi connectivity index (χ1v) is 11.3. The Kier molecular flexibility index (Phi) is 5.24. The number of fused-ring (bicyclic) bond motifs is 1. The van der Waals surface area contributed by atoms with Crippen molar-refractivity contribution in [3.63, 3.8) is 0 Å². The highest BCUT2D eigenvalue weighted by Crippen LogP contribution is 2.32. The summed E-state index contributed by atoms with van der Waals surface area (Å²) >= 11 is 6.08. The molecule has 5 rings (SSSR count). The second-order valence-electron chi connectivity index (χ2n) is 6.28. The summed E-state index contributed by atoms with van der Waals surface area (Å²) in [6, 6.07) is 19.1. The van der Waals surface area contributed by atoms with Crippen LogP contribution in [0.4, 0.5) is 5.69 Å². The highest BCUT2D eigenvalue weighted by molar-refractivity contribution is 9.10. The maximum atomic E-state index is 12.3. The van der Waals surface area contributed by atoms with Gasteiger partial charge in [0.25, 0.3) is 5.91 Å². The number of nitrogens with zero attached hydrogens (tertiary/aromatic N) is 2. The van der Waals surface area contributed by atoms with Gasteiger partial charge >= 0.3 is 0 Å². The van der Waals surface area contributed by atoms with E-state index in [2.05, 4.69) is 36.2 Å². The number of amides is 1. The Morgan fingerprint density at radius 1 is 1.10 bits per heavy atom. The number of aliphatic imine (C=N–C) groups is 1. The van der Waals surface area contributed by atoms with E-state index in [0.717, 1.165) is 26.3 Å². The zero-order valence-corrected chi connectivity index (χ0v) is 18.5. The molecule has 1 fully saturated rings. The smallest absolute Gasteiger partial charge is 0.264 e. The van der Waals surface area contributed by atoms with Crippen LogP contribution in [0.1, 0.15) is 5.76 Å². The number of thioether (sulfide) groups is 1. The largest absolute Gasteiger partial charge is 0.450 e. The van der Waals surface area contributed by atoms with Gasteiger partial charge in [-0.1, -0.05) is 28.1 Å². The number of para-hydroxylation sites is 2. The fourth-order valence-corrected chi connectivity index (χ4v) is 4.64. The third-order valence-corrected chi connectivity index (χ3v) is 6.39. The zero-order valence-electron chi connectivity index (χ0n) is 15.3. The van der Waals surface area contributed by atoms with Crippen molar-refractivity contribution < 1.29 is 9.21 Å². The summed E-state index contributed by atoms with van der Waals surface area (Å²) in [5.74, 6) is 0.398. The molecule has 2 aromatic heterocycles. The summed E-state index contributed by atoms with van der Waals surface area (Å²) in [5, 5.41) is 4.76. The standard InChI is InChI=1S/C21H13BrN4O2S2/c22-12-5-7-13(8-6-12)23-20-26-19(27)17(29-20)11-14-9-10-18(28-14)30-21-24-15-3-1-2-4-16(15)25-21/h1-11H,(H,24,25)(H,23,26,27)/b17-11+. The first kappa shape index (κ1) is 19.2. The van der Waals surface area contributed by atoms with Gasteiger partial charge in [-0.25, -0.2) is 9.98 Å². The molecule has 9 heteroatoms. The molecule has 0 aliphatic carbocycles. The summed E-state index contributed by atoms with van der Waals surface area (Å²) in [7, 11) is 0. The first-order valence-electron chi connectivity index (χ1n) is 8.90. The van der Waals surface area contributed by atoms with Crippen molar-refractivity contribution in [2.75, 3.05) is 0 Å². The number of nitrogens with one attached hydrogen (secondary N) is 2. The number of benzene rings is 2. The van der Waals surface area contributed by atoms with Crippen LogP contribution in [-0.2, 0) is 4.79 Å². The number of carbonyl (C=O) groups excluding carboxylic acids is 1. The fourth-order valence-electron chi connectivity index (χ4n) is 2.78. The van der Waals surface area contributed by atoms with Crippen molar-refractivity contribution in [1.29, 1.82) is 0 Å². The van der Waals surface area contributed by atoms with E-state index >= 15 is 0 Å². The summed E-state index contributed by atoms with van der Waals surface area (Å²) in [5.41, 5.74) is 2.65. The molecular weight excluding hydrogens is 484 g/mol. The molecule has 0 bridgehead atoms. The van der Waals surface area contributed by atoms with Gasteiger partial charge in [0.1, 0.15) is 5.76 Å². The minimum Gasteiger partial charge on any atom is -0.450 e. The van der Waals surface area contributed by atoms with Gasteiger partial charge in [-0.2, -0.15) is 0 Å². The molecule has 0 radical (unpaired) electrons. The van der Waals surface area contributed by atoms with Gasteiger partial charge in [-0.15, -0.1) is 0 Å². The van der Waals surface area contributed by atoms with E-state index in [1.165, 1.54) is 23.5 Å². The van der Waals surface area contributed by atoms with E-state index in [1.54, 1.807) is 6.08 Å². The van der Waals surface area contributed by atoms with Crippen molar-refractivity contribution in [1.82, 2.24) is 15.3 Å². The molecule has 3 heterocycles. The van der Waals surface area contributed by atoms with Crippen LogP contribution in [0.25, 0.3) is 17.1 Å². The average Bonchev–Trinajstić information content (AvgIpc) is 3.43. The van der Waals surface area contributed by atoms with E-state index in [4.69, 9.17) is 4.42 Å². The topological polar surface area (TPSA) is 83.3 Å². The van der Waals surface area contributed by atoms with Crippen LogP contribution in [-0.4, -0.2) is 21.0 Å². The first-order chi connectivity index (χ1) is 14.6. The van der Waals surface area contributed by atoms with Crippen LogP contribution >= 0.6 is 39.5 Å². The predicted octanol–water partition coefficient (Wildman–Crippen LogP) is 5.96. The monoisotopic (exact) mass is 496 g/mol. The van der Waals surface area contributed by atoms with Crippen LogP contribution in [0.15, 0.2) is 89.7 Å². The van der Waals surface area contributed by atoms with Crippen molar-refractivity contribution in [2.45, 2.75) is 10.2 Å². The Morgan fingerprint density at radius 2 is 1.93 bits per heavy atom. The fraction of sp³-hybridized carbons (Fsp3) is 0. The molecule has 0 spiro atoms. The molecular formula is C21H13BrN4O2S2. The van der Waals surface area contributed by atoms with Gasteiger partial charge in [0.2, 0.25) is 0 Å². The maximum Gasteiger partial charge on any atom is 0.264 e. The molecule has 1 aliphatic rings. The molecule has 4 aromatic rings. The van der Waals surface area contributed by atoms with Gasteiger partial charge in [0.15, 0.2) is 15.4 Å². The van der Waals surface area contributed by atoms with Gasteiger partial charge in [0.05, 0.1) is 21.6 Å². The third kappa shape index (κ3) is 4.23. The number of hydrogen-bond donors (Lipinski definition) is 2. The number of aromatic nitrogens is 2. The van der Waals surface area contributed by atoms with E-state index in [0.29, 0.717) is 20.9 Å². The van der Waals surface area contributed by atoms with Crippen LogP contribution < -0.4 is 5.32 Å². The van der Waals surface area contributed by atoms with Gasteiger partial charge < -0.3 is 14.7 Å². The molecule has 0 unspecified atom stereocenters. The Hall–Kier alpha value is -2.75.